The molecule has 0 fully saturated rings. The Kier molecular flexibility index (Phi) is 4.37. The van der Waals surface area contributed by atoms with E-state index in [0.29, 0.717) is 0 Å². The number of hydrogen-bond donors (Lipinski definition) is 2. The van der Waals surface area contributed by atoms with Crippen LogP contribution in [0.25, 0.3) is 0 Å². The second-order valence-corrected chi connectivity index (χ2v) is 4.48. The summed E-state index contributed by atoms with van der Waals surface area (Å²) in [6, 6.07) is 6.88. The normalized spacial score (nSPS) is 12.3. The number of urea groups is 1. The zero-order chi connectivity index (χ0) is 13.0. The smallest absolute Gasteiger partial charge is 0.317 e. The Bertz CT molecular complexity index is 374. The second kappa shape index (κ2) is 5.57. The SMILES string of the molecule is CC(C)NC(=O)N(C)C(C)c1ccc(O)cc1. The molecule has 0 aliphatic carbocycles. The molecule has 0 heterocycles. The first-order valence-electron chi connectivity index (χ1n) is 5.74. The molecule has 0 aromatic heterocycles. The van der Waals surface area contributed by atoms with Crippen LogP contribution in [0.1, 0.15) is 32.4 Å². The lowest BCUT2D eigenvalue weighted by Gasteiger charge is -2.26. The number of aromatic hydroxyl groups is 1. The van der Waals surface area contributed by atoms with Crippen molar-refractivity contribution in [2.45, 2.75) is 32.9 Å². The van der Waals surface area contributed by atoms with Crippen LogP contribution in [0.15, 0.2) is 24.3 Å². The topological polar surface area (TPSA) is 52.6 Å². The van der Waals surface area contributed by atoms with Gasteiger partial charge >= 0.3 is 6.03 Å². The third-order valence-electron chi connectivity index (χ3n) is 2.69. The molecule has 0 spiro atoms. The summed E-state index contributed by atoms with van der Waals surface area (Å²) in [5, 5.41) is 12.1. The molecule has 4 nitrogen and oxygen atoms in total. The Balaban J connectivity index is 2.72. The van der Waals surface area contributed by atoms with Crippen LogP contribution in [0.2, 0.25) is 0 Å². The Labute approximate surface area is 102 Å². The highest BCUT2D eigenvalue weighted by Gasteiger charge is 2.17. The first-order valence-corrected chi connectivity index (χ1v) is 5.74. The van der Waals surface area contributed by atoms with E-state index in [-0.39, 0.29) is 23.9 Å². The molecule has 0 saturated carbocycles. The number of hydrogen-bond acceptors (Lipinski definition) is 2. The average molecular weight is 236 g/mol. The molecule has 17 heavy (non-hydrogen) atoms. The summed E-state index contributed by atoms with van der Waals surface area (Å²) in [6.07, 6.45) is 0. The predicted octanol–water partition coefficient (Wildman–Crippen LogP) is 2.50. The van der Waals surface area contributed by atoms with E-state index < -0.39 is 0 Å². The molecule has 0 aliphatic rings. The molecular formula is C13H20N2O2. The van der Waals surface area contributed by atoms with Crippen LogP contribution in [-0.2, 0) is 0 Å². The highest BCUT2D eigenvalue weighted by Crippen LogP contribution is 2.20. The summed E-state index contributed by atoms with van der Waals surface area (Å²) in [7, 11) is 1.76. The number of carbonyl (C=O) groups excluding carboxylic acids is 1. The van der Waals surface area contributed by atoms with Crippen molar-refractivity contribution in [3.63, 3.8) is 0 Å². The van der Waals surface area contributed by atoms with Gasteiger partial charge in [0.15, 0.2) is 0 Å². The Hall–Kier alpha value is -1.71. The minimum absolute atomic E-state index is 0.0330. The van der Waals surface area contributed by atoms with Crippen molar-refractivity contribution in [3.8, 4) is 5.75 Å². The number of benzene rings is 1. The summed E-state index contributed by atoms with van der Waals surface area (Å²) in [5.74, 6) is 0.232. The Morgan fingerprint density at radius 1 is 1.24 bits per heavy atom. The van der Waals surface area contributed by atoms with Crippen molar-refractivity contribution in [3.05, 3.63) is 29.8 Å². The standard InChI is InChI=1S/C13H20N2O2/c1-9(2)14-13(17)15(4)10(3)11-5-7-12(16)8-6-11/h5-10,16H,1-4H3,(H,14,17). The molecule has 4 heteroatoms. The third kappa shape index (κ3) is 3.66. The lowest BCUT2D eigenvalue weighted by molar-refractivity contribution is 0.192. The number of rotatable bonds is 3. The van der Waals surface area contributed by atoms with Crippen molar-refractivity contribution in [2.24, 2.45) is 0 Å². The third-order valence-corrected chi connectivity index (χ3v) is 2.69. The molecule has 2 N–H and O–H groups in total. The molecule has 1 aromatic rings. The van der Waals surface area contributed by atoms with E-state index in [9.17, 15) is 9.90 Å². The van der Waals surface area contributed by atoms with E-state index in [0.717, 1.165) is 5.56 Å². The molecule has 1 atom stereocenters. The largest absolute Gasteiger partial charge is 0.508 e. The van der Waals surface area contributed by atoms with Gasteiger partial charge in [-0.3, -0.25) is 0 Å². The molecule has 1 unspecified atom stereocenters. The number of nitrogens with one attached hydrogen (secondary N) is 1. The van der Waals surface area contributed by atoms with E-state index >= 15 is 0 Å². The minimum Gasteiger partial charge on any atom is -0.508 e. The summed E-state index contributed by atoms with van der Waals surface area (Å²) >= 11 is 0. The molecule has 0 radical (unpaired) electrons. The molecule has 1 rings (SSSR count). The van der Waals surface area contributed by atoms with Crippen molar-refractivity contribution in [1.82, 2.24) is 10.2 Å². The molecular weight excluding hydrogens is 216 g/mol. The van der Waals surface area contributed by atoms with Gasteiger partial charge in [-0.15, -0.1) is 0 Å². The zero-order valence-corrected chi connectivity index (χ0v) is 10.8. The zero-order valence-electron chi connectivity index (χ0n) is 10.8. The maximum Gasteiger partial charge on any atom is 0.317 e. The maximum atomic E-state index is 11.8. The van der Waals surface area contributed by atoms with Crippen molar-refractivity contribution >= 4 is 6.03 Å². The average Bonchev–Trinajstić information content (AvgIpc) is 2.27. The van der Waals surface area contributed by atoms with E-state index in [1.54, 1.807) is 24.1 Å². The molecule has 0 saturated heterocycles. The van der Waals surface area contributed by atoms with Crippen LogP contribution in [0, 0.1) is 0 Å². The van der Waals surface area contributed by atoms with E-state index in [2.05, 4.69) is 5.32 Å². The van der Waals surface area contributed by atoms with Gasteiger partial charge < -0.3 is 15.3 Å². The Morgan fingerprint density at radius 2 is 1.76 bits per heavy atom. The van der Waals surface area contributed by atoms with Crippen molar-refractivity contribution in [1.29, 1.82) is 0 Å². The highest BCUT2D eigenvalue weighted by atomic mass is 16.3. The molecule has 1 aromatic carbocycles. The fourth-order valence-electron chi connectivity index (χ4n) is 1.50. The summed E-state index contributed by atoms with van der Waals surface area (Å²) in [6.45, 7) is 5.81. The number of phenols is 1. The fraction of sp³-hybridized carbons (Fsp3) is 0.462. The van der Waals surface area contributed by atoms with E-state index in [1.807, 2.05) is 32.9 Å². The van der Waals surface area contributed by atoms with Crippen LogP contribution in [0.3, 0.4) is 0 Å². The fourth-order valence-corrected chi connectivity index (χ4v) is 1.50. The van der Waals surface area contributed by atoms with E-state index in [4.69, 9.17) is 0 Å². The first-order chi connectivity index (χ1) is 7.91. The van der Waals surface area contributed by atoms with Gasteiger partial charge in [0.2, 0.25) is 0 Å². The Morgan fingerprint density at radius 3 is 2.24 bits per heavy atom. The van der Waals surface area contributed by atoms with Gasteiger partial charge in [-0.1, -0.05) is 12.1 Å². The van der Waals surface area contributed by atoms with Gasteiger partial charge in [0.05, 0.1) is 6.04 Å². The first kappa shape index (κ1) is 13.4. The van der Waals surface area contributed by atoms with Gasteiger partial charge in [-0.25, -0.2) is 4.79 Å². The van der Waals surface area contributed by atoms with E-state index in [1.165, 1.54) is 0 Å². The highest BCUT2D eigenvalue weighted by molar-refractivity contribution is 5.74. The van der Waals surface area contributed by atoms with Crippen molar-refractivity contribution in [2.75, 3.05) is 7.05 Å². The van der Waals surface area contributed by atoms with Gasteiger partial charge in [-0.05, 0) is 38.5 Å². The van der Waals surface area contributed by atoms with Gasteiger partial charge in [0, 0.05) is 13.1 Å². The molecule has 0 aliphatic heterocycles. The maximum absolute atomic E-state index is 11.8. The van der Waals surface area contributed by atoms with Crippen molar-refractivity contribution < 1.29 is 9.90 Å². The summed E-state index contributed by atoms with van der Waals surface area (Å²) in [4.78, 5) is 13.4. The minimum atomic E-state index is -0.0967. The number of phenolic OH excluding ortho intramolecular Hbond substituents is 1. The lowest BCUT2D eigenvalue weighted by Crippen LogP contribution is -2.41. The second-order valence-electron chi connectivity index (χ2n) is 4.48. The van der Waals surface area contributed by atoms with Crippen LogP contribution in [0.5, 0.6) is 5.75 Å². The monoisotopic (exact) mass is 236 g/mol. The number of nitrogens with zero attached hydrogens (tertiary/aromatic N) is 1. The predicted molar refractivity (Wildman–Crippen MR) is 68.0 cm³/mol. The number of carbonyl (C=O) groups is 1. The van der Waals surface area contributed by atoms with Crippen LogP contribution in [-0.4, -0.2) is 29.1 Å². The van der Waals surface area contributed by atoms with Crippen LogP contribution < -0.4 is 5.32 Å². The van der Waals surface area contributed by atoms with Gasteiger partial charge in [-0.2, -0.15) is 0 Å². The molecule has 2 amide bonds. The quantitative estimate of drug-likeness (QED) is 0.847. The lowest BCUT2D eigenvalue weighted by atomic mass is 10.1. The summed E-state index contributed by atoms with van der Waals surface area (Å²) in [5.41, 5.74) is 0.990. The summed E-state index contributed by atoms with van der Waals surface area (Å²) < 4.78 is 0. The van der Waals surface area contributed by atoms with Crippen LogP contribution in [0.4, 0.5) is 4.79 Å². The molecule has 94 valence electrons. The van der Waals surface area contributed by atoms with Gasteiger partial charge in [0.1, 0.15) is 5.75 Å². The van der Waals surface area contributed by atoms with Gasteiger partial charge in [0.25, 0.3) is 0 Å². The number of amides is 2. The van der Waals surface area contributed by atoms with Crippen LogP contribution >= 0.6 is 0 Å². The molecule has 0 bridgehead atoms.